The van der Waals surface area contributed by atoms with Crippen molar-refractivity contribution in [3.63, 3.8) is 0 Å². The first-order valence-electron chi connectivity index (χ1n) is 11.7. The Morgan fingerprint density at radius 3 is 2.31 bits per heavy atom. The lowest BCUT2D eigenvalue weighted by Crippen LogP contribution is -2.49. The van der Waals surface area contributed by atoms with Crippen molar-refractivity contribution < 1.29 is 9.18 Å². The van der Waals surface area contributed by atoms with Crippen LogP contribution in [0.15, 0.2) is 60.7 Å². The van der Waals surface area contributed by atoms with Crippen LogP contribution in [0.1, 0.15) is 37.0 Å². The number of carbonyl (C=O) groups is 1. The maximum Gasteiger partial charge on any atom is 0.272 e. The maximum atomic E-state index is 13.8. The maximum absolute atomic E-state index is 13.8. The molecule has 6 nitrogen and oxygen atoms in total. The molecular weight excluding hydrogens is 465 g/mol. The predicted molar refractivity (Wildman–Crippen MR) is 137 cm³/mol. The number of carbonyl (C=O) groups excluding carboxylic acids is 1. The van der Waals surface area contributed by atoms with Gasteiger partial charge >= 0.3 is 0 Å². The van der Waals surface area contributed by atoms with Crippen molar-refractivity contribution in [2.45, 2.75) is 26.2 Å². The Morgan fingerprint density at radius 1 is 0.971 bits per heavy atom. The first kappa shape index (κ1) is 23.3. The molecule has 0 N–H and O–H groups in total. The molecule has 1 aliphatic heterocycles. The highest BCUT2D eigenvalue weighted by molar-refractivity contribution is 6.33. The van der Waals surface area contributed by atoms with E-state index in [0.29, 0.717) is 48.2 Å². The van der Waals surface area contributed by atoms with Crippen molar-refractivity contribution in [3.8, 4) is 11.3 Å². The minimum atomic E-state index is -0.318. The average molecular weight is 492 g/mol. The highest BCUT2D eigenvalue weighted by Crippen LogP contribution is 2.28. The van der Waals surface area contributed by atoms with Gasteiger partial charge in [-0.2, -0.15) is 5.10 Å². The van der Waals surface area contributed by atoms with Gasteiger partial charge in [-0.15, -0.1) is 0 Å². The second kappa shape index (κ2) is 8.96. The summed E-state index contributed by atoms with van der Waals surface area (Å²) in [6, 6.07) is 17.6. The molecule has 180 valence electrons. The lowest BCUT2D eigenvalue weighted by Gasteiger charge is -2.36. The fraction of sp³-hybridized carbons (Fsp3) is 0.296. The van der Waals surface area contributed by atoms with Crippen molar-refractivity contribution in [2.24, 2.45) is 0 Å². The molecule has 0 atom stereocenters. The Hall–Kier alpha value is -3.45. The normalized spacial score (nSPS) is 14.5. The Morgan fingerprint density at radius 2 is 1.66 bits per heavy atom. The molecule has 0 spiro atoms. The van der Waals surface area contributed by atoms with E-state index in [-0.39, 0.29) is 17.1 Å². The summed E-state index contributed by atoms with van der Waals surface area (Å²) in [6.45, 7) is 8.71. The highest BCUT2D eigenvalue weighted by atomic mass is 35.5. The zero-order valence-electron chi connectivity index (χ0n) is 20.0. The predicted octanol–water partition coefficient (Wildman–Crippen LogP) is 5.45. The van der Waals surface area contributed by atoms with Gasteiger partial charge in [0.25, 0.3) is 5.91 Å². The van der Waals surface area contributed by atoms with Gasteiger partial charge in [-0.3, -0.25) is 4.79 Å². The monoisotopic (exact) mass is 491 g/mol. The van der Waals surface area contributed by atoms with E-state index < -0.39 is 0 Å². The molecule has 0 radical (unpaired) electrons. The number of fused-ring (bicyclic) bond motifs is 1. The van der Waals surface area contributed by atoms with E-state index in [4.69, 9.17) is 21.7 Å². The van der Waals surface area contributed by atoms with Crippen LogP contribution in [0.25, 0.3) is 16.9 Å². The molecule has 0 saturated carbocycles. The Labute approximate surface area is 209 Å². The van der Waals surface area contributed by atoms with E-state index in [1.807, 2.05) is 35.2 Å². The van der Waals surface area contributed by atoms with Crippen LogP contribution in [0, 0.1) is 5.82 Å². The molecule has 0 unspecified atom stereocenters. The van der Waals surface area contributed by atoms with Crippen LogP contribution < -0.4 is 4.90 Å². The van der Waals surface area contributed by atoms with Gasteiger partial charge in [0.1, 0.15) is 11.5 Å². The number of para-hydroxylation sites is 1. The van der Waals surface area contributed by atoms with Crippen LogP contribution in [-0.4, -0.2) is 51.6 Å². The minimum absolute atomic E-state index is 0.108. The molecule has 1 aliphatic rings. The average Bonchev–Trinajstić information content (AvgIpc) is 3.29. The number of rotatable bonds is 3. The number of benzene rings is 2. The van der Waals surface area contributed by atoms with Gasteiger partial charge in [-0.1, -0.05) is 44.5 Å². The minimum Gasteiger partial charge on any atom is -0.367 e. The topological polar surface area (TPSA) is 53.7 Å². The van der Waals surface area contributed by atoms with Crippen LogP contribution in [-0.2, 0) is 5.41 Å². The molecule has 8 heteroatoms. The molecule has 35 heavy (non-hydrogen) atoms. The molecule has 0 bridgehead atoms. The second-order valence-corrected chi connectivity index (χ2v) is 10.2. The van der Waals surface area contributed by atoms with Gasteiger partial charge in [0.05, 0.1) is 22.1 Å². The lowest BCUT2D eigenvalue weighted by molar-refractivity contribution is 0.0737. The van der Waals surface area contributed by atoms with Crippen molar-refractivity contribution >= 4 is 28.8 Å². The SMILES string of the molecule is CC(C)(C)c1cc2nc(-c3ccc(F)cc3)cc(C(=O)N3CCN(c4ccccc4Cl)CC3)n2n1. The van der Waals surface area contributed by atoms with Crippen LogP contribution in [0.3, 0.4) is 0 Å². The molecule has 0 aliphatic carbocycles. The van der Waals surface area contributed by atoms with Gasteiger partial charge in [-0.05, 0) is 42.5 Å². The number of anilines is 1. The second-order valence-electron chi connectivity index (χ2n) is 9.81. The van der Waals surface area contributed by atoms with Gasteiger partial charge < -0.3 is 9.80 Å². The molecule has 1 fully saturated rings. The Balaban J connectivity index is 1.49. The van der Waals surface area contributed by atoms with E-state index in [1.54, 1.807) is 22.7 Å². The zero-order chi connectivity index (χ0) is 24.7. The zero-order valence-corrected chi connectivity index (χ0v) is 20.8. The van der Waals surface area contributed by atoms with Crippen LogP contribution in [0.2, 0.25) is 5.02 Å². The fourth-order valence-electron chi connectivity index (χ4n) is 4.28. The summed E-state index contributed by atoms with van der Waals surface area (Å²) in [6.07, 6.45) is 0. The first-order valence-corrected chi connectivity index (χ1v) is 12.0. The molecule has 4 aromatic rings. The van der Waals surface area contributed by atoms with E-state index in [2.05, 4.69) is 25.7 Å². The van der Waals surface area contributed by atoms with Crippen LogP contribution in [0.5, 0.6) is 0 Å². The van der Waals surface area contributed by atoms with Gasteiger partial charge in [0.15, 0.2) is 5.65 Å². The molecule has 2 aromatic carbocycles. The van der Waals surface area contributed by atoms with Crippen LogP contribution >= 0.6 is 11.6 Å². The van der Waals surface area contributed by atoms with Gasteiger partial charge in [0, 0.05) is 43.2 Å². The number of hydrogen-bond donors (Lipinski definition) is 0. The smallest absolute Gasteiger partial charge is 0.272 e. The number of aromatic nitrogens is 3. The molecule has 1 amide bonds. The summed E-state index contributed by atoms with van der Waals surface area (Å²) < 4.78 is 15.1. The van der Waals surface area contributed by atoms with E-state index >= 15 is 0 Å². The fourth-order valence-corrected chi connectivity index (χ4v) is 4.54. The largest absolute Gasteiger partial charge is 0.367 e. The summed E-state index contributed by atoms with van der Waals surface area (Å²) in [5.41, 5.74) is 4.00. The third kappa shape index (κ3) is 4.60. The molecular formula is C27H27ClFN5O. The number of halogens is 2. The van der Waals surface area contributed by atoms with Gasteiger partial charge in [0.2, 0.25) is 0 Å². The molecule has 3 heterocycles. The third-order valence-electron chi connectivity index (χ3n) is 6.31. The van der Waals surface area contributed by atoms with Crippen molar-refractivity contribution in [1.29, 1.82) is 0 Å². The molecule has 5 rings (SSSR count). The van der Waals surface area contributed by atoms with Crippen molar-refractivity contribution in [3.05, 3.63) is 82.9 Å². The molecule has 1 saturated heterocycles. The molecule has 2 aromatic heterocycles. The number of hydrogen-bond acceptors (Lipinski definition) is 4. The van der Waals surface area contributed by atoms with Gasteiger partial charge in [-0.25, -0.2) is 13.9 Å². The standard InChI is InChI=1S/C27H27ClFN5O/c1-27(2,3)24-17-25-30-21(18-8-10-19(29)11-9-18)16-23(34(25)31-24)26(35)33-14-12-32(13-15-33)22-7-5-4-6-20(22)28/h4-11,16-17H,12-15H2,1-3H3. The Kier molecular flexibility index (Phi) is 5.97. The van der Waals surface area contributed by atoms with Crippen LogP contribution in [0.4, 0.5) is 10.1 Å². The summed E-state index contributed by atoms with van der Waals surface area (Å²) in [7, 11) is 0. The van der Waals surface area contributed by atoms with E-state index in [9.17, 15) is 9.18 Å². The summed E-state index contributed by atoms with van der Waals surface area (Å²) in [5.74, 6) is -0.426. The lowest BCUT2D eigenvalue weighted by atomic mass is 9.93. The quantitative estimate of drug-likeness (QED) is 0.382. The van der Waals surface area contributed by atoms with E-state index in [1.165, 1.54) is 12.1 Å². The van der Waals surface area contributed by atoms with E-state index in [0.717, 1.165) is 16.9 Å². The third-order valence-corrected chi connectivity index (χ3v) is 6.63. The summed E-state index contributed by atoms with van der Waals surface area (Å²) >= 11 is 6.38. The number of nitrogens with zero attached hydrogens (tertiary/aromatic N) is 5. The first-order chi connectivity index (χ1) is 16.7. The highest BCUT2D eigenvalue weighted by Gasteiger charge is 2.27. The Bertz CT molecular complexity index is 1390. The van der Waals surface area contributed by atoms with Crippen molar-refractivity contribution in [2.75, 3.05) is 31.1 Å². The summed E-state index contributed by atoms with van der Waals surface area (Å²) in [4.78, 5) is 22.5. The number of piperazine rings is 1. The number of amides is 1. The summed E-state index contributed by atoms with van der Waals surface area (Å²) in [5, 5.41) is 5.45. The van der Waals surface area contributed by atoms with Crippen molar-refractivity contribution in [1.82, 2.24) is 19.5 Å².